The summed E-state index contributed by atoms with van der Waals surface area (Å²) in [6.45, 7) is 6.19. The summed E-state index contributed by atoms with van der Waals surface area (Å²) < 4.78 is 6.76. The van der Waals surface area contributed by atoms with Gasteiger partial charge in [0.2, 0.25) is 5.91 Å². The molecular formula is C20H19N5O3S2. The highest BCUT2D eigenvalue weighted by atomic mass is 32.2. The second kappa shape index (κ2) is 8.41. The third kappa shape index (κ3) is 3.88. The molecule has 0 saturated carbocycles. The van der Waals surface area contributed by atoms with Crippen LogP contribution in [0.2, 0.25) is 0 Å². The SMILES string of the molecule is CCOC(=O)c1ccc(NC(=O)CSc2nnc3c4c(C)c(C)sc4ncn23)cc1. The number of hydrogen-bond donors (Lipinski definition) is 1. The lowest BCUT2D eigenvalue weighted by atomic mass is 10.2. The van der Waals surface area contributed by atoms with Crippen LogP contribution >= 0.6 is 23.1 Å². The number of anilines is 1. The maximum Gasteiger partial charge on any atom is 0.338 e. The lowest BCUT2D eigenvalue weighted by Gasteiger charge is -2.06. The van der Waals surface area contributed by atoms with Crippen molar-refractivity contribution in [2.45, 2.75) is 25.9 Å². The monoisotopic (exact) mass is 441 g/mol. The molecule has 1 amide bonds. The number of nitrogens with zero attached hydrogens (tertiary/aromatic N) is 4. The molecule has 0 bridgehead atoms. The predicted molar refractivity (Wildman–Crippen MR) is 117 cm³/mol. The molecule has 0 radical (unpaired) electrons. The van der Waals surface area contributed by atoms with E-state index in [0.29, 0.717) is 23.0 Å². The number of fused-ring (bicyclic) bond motifs is 3. The fraction of sp³-hybridized carbons (Fsp3) is 0.250. The molecule has 0 aliphatic carbocycles. The summed E-state index contributed by atoms with van der Waals surface area (Å²) in [4.78, 5) is 30.7. The zero-order chi connectivity index (χ0) is 21.3. The van der Waals surface area contributed by atoms with Gasteiger partial charge in [-0.3, -0.25) is 9.20 Å². The van der Waals surface area contributed by atoms with Crippen LogP contribution in [0.4, 0.5) is 5.69 Å². The molecule has 0 fully saturated rings. The topological polar surface area (TPSA) is 98.5 Å². The van der Waals surface area contributed by atoms with E-state index in [1.54, 1.807) is 48.9 Å². The number of thiophene rings is 1. The van der Waals surface area contributed by atoms with Crippen molar-refractivity contribution in [2.75, 3.05) is 17.7 Å². The number of thioether (sulfide) groups is 1. The van der Waals surface area contributed by atoms with Crippen molar-refractivity contribution in [1.82, 2.24) is 19.6 Å². The zero-order valence-electron chi connectivity index (χ0n) is 16.6. The van der Waals surface area contributed by atoms with E-state index >= 15 is 0 Å². The molecule has 0 spiro atoms. The normalized spacial score (nSPS) is 11.2. The van der Waals surface area contributed by atoms with Gasteiger partial charge in [0.15, 0.2) is 10.8 Å². The highest BCUT2D eigenvalue weighted by molar-refractivity contribution is 7.99. The summed E-state index contributed by atoms with van der Waals surface area (Å²) in [5.41, 5.74) is 2.95. The highest BCUT2D eigenvalue weighted by Crippen LogP contribution is 2.32. The van der Waals surface area contributed by atoms with Crippen LogP contribution in [-0.2, 0) is 9.53 Å². The van der Waals surface area contributed by atoms with Crippen LogP contribution < -0.4 is 5.32 Å². The van der Waals surface area contributed by atoms with Crippen molar-refractivity contribution < 1.29 is 14.3 Å². The fourth-order valence-corrected chi connectivity index (χ4v) is 4.65. The van der Waals surface area contributed by atoms with Crippen LogP contribution in [0.15, 0.2) is 35.7 Å². The Morgan fingerprint density at radius 1 is 1.20 bits per heavy atom. The van der Waals surface area contributed by atoms with Gasteiger partial charge in [0.1, 0.15) is 11.2 Å². The van der Waals surface area contributed by atoms with Crippen LogP contribution in [0.1, 0.15) is 27.7 Å². The first-order valence-corrected chi connectivity index (χ1v) is 11.1. The molecule has 154 valence electrons. The lowest BCUT2D eigenvalue weighted by Crippen LogP contribution is -2.14. The molecule has 1 N–H and O–H groups in total. The van der Waals surface area contributed by atoms with Gasteiger partial charge in [0, 0.05) is 10.6 Å². The molecule has 3 heterocycles. The molecule has 0 aliphatic rings. The van der Waals surface area contributed by atoms with E-state index in [-0.39, 0.29) is 17.6 Å². The van der Waals surface area contributed by atoms with E-state index < -0.39 is 0 Å². The second-order valence-electron chi connectivity index (χ2n) is 6.52. The fourth-order valence-electron chi connectivity index (χ4n) is 2.95. The molecule has 4 rings (SSSR count). The number of rotatable bonds is 6. The highest BCUT2D eigenvalue weighted by Gasteiger charge is 2.16. The number of ether oxygens (including phenoxy) is 1. The van der Waals surface area contributed by atoms with Crippen molar-refractivity contribution >= 4 is 56.5 Å². The summed E-state index contributed by atoms with van der Waals surface area (Å²) in [5.74, 6) is -0.402. The van der Waals surface area contributed by atoms with Crippen LogP contribution in [0.5, 0.6) is 0 Å². The molecule has 8 nitrogen and oxygen atoms in total. The maximum atomic E-state index is 12.3. The number of esters is 1. The molecule has 0 atom stereocenters. The number of carbonyl (C=O) groups excluding carboxylic acids is 2. The number of nitrogens with one attached hydrogen (secondary N) is 1. The van der Waals surface area contributed by atoms with Crippen molar-refractivity contribution in [1.29, 1.82) is 0 Å². The van der Waals surface area contributed by atoms with Crippen LogP contribution in [-0.4, -0.2) is 43.8 Å². The summed E-state index contributed by atoms with van der Waals surface area (Å²) >= 11 is 2.92. The van der Waals surface area contributed by atoms with E-state index in [2.05, 4.69) is 34.3 Å². The molecular weight excluding hydrogens is 422 g/mol. The number of benzene rings is 1. The van der Waals surface area contributed by atoms with Crippen LogP contribution in [0, 0.1) is 13.8 Å². The van der Waals surface area contributed by atoms with E-state index in [9.17, 15) is 9.59 Å². The Bertz CT molecular complexity index is 1250. The lowest BCUT2D eigenvalue weighted by molar-refractivity contribution is -0.113. The van der Waals surface area contributed by atoms with Gasteiger partial charge in [-0.1, -0.05) is 11.8 Å². The van der Waals surface area contributed by atoms with E-state index in [1.165, 1.54) is 16.6 Å². The molecule has 1 aromatic carbocycles. The van der Waals surface area contributed by atoms with Gasteiger partial charge in [-0.2, -0.15) is 0 Å². The number of aromatic nitrogens is 4. The molecule has 3 aromatic heterocycles. The number of amides is 1. The zero-order valence-corrected chi connectivity index (χ0v) is 18.3. The Hall–Kier alpha value is -2.98. The van der Waals surface area contributed by atoms with Gasteiger partial charge in [-0.25, -0.2) is 9.78 Å². The maximum absolute atomic E-state index is 12.3. The average molecular weight is 442 g/mol. The van der Waals surface area contributed by atoms with Gasteiger partial charge in [0.05, 0.1) is 23.3 Å². The molecule has 4 aromatic rings. The minimum absolute atomic E-state index is 0.167. The molecule has 10 heteroatoms. The first-order chi connectivity index (χ1) is 14.5. The Morgan fingerprint density at radius 3 is 2.70 bits per heavy atom. The molecule has 0 aliphatic heterocycles. The third-order valence-electron chi connectivity index (χ3n) is 4.56. The Morgan fingerprint density at radius 2 is 1.97 bits per heavy atom. The third-order valence-corrected chi connectivity index (χ3v) is 6.62. The van der Waals surface area contributed by atoms with Crippen molar-refractivity contribution in [3.05, 3.63) is 46.6 Å². The first kappa shape index (κ1) is 20.3. The van der Waals surface area contributed by atoms with Crippen LogP contribution in [0.3, 0.4) is 0 Å². The van der Waals surface area contributed by atoms with Crippen molar-refractivity contribution in [2.24, 2.45) is 0 Å². The summed E-state index contributed by atoms with van der Waals surface area (Å²) in [6.07, 6.45) is 1.70. The van der Waals surface area contributed by atoms with Gasteiger partial charge in [-0.05, 0) is 50.6 Å². The number of hydrogen-bond acceptors (Lipinski definition) is 8. The first-order valence-electron chi connectivity index (χ1n) is 9.27. The van der Waals surface area contributed by atoms with Crippen molar-refractivity contribution in [3.63, 3.8) is 0 Å². The Labute approximate surface area is 180 Å². The van der Waals surface area contributed by atoms with Gasteiger partial charge in [0.25, 0.3) is 0 Å². The molecule has 0 saturated heterocycles. The largest absolute Gasteiger partial charge is 0.462 e. The van der Waals surface area contributed by atoms with Gasteiger partial charge >= 0.3 is 5.97 Å². The van der Waals surface area contributed by atoms with Crippen LogP contribution in [0.25, 0.3) is 15.9 Å². The van der Waals surface area contributed by atoms with E-state index in [1.807, 2.05) is 4.40 Å². The quantitative estimate of drug-likeness (QED) is 0.358. The Kier molecular flexibility index (Phi) is 5.69. The number of aryl methyl sites for hydroxylation is 2. The predicted octanol–water partition coefficient (Wildman–Crippen LogP) is 3.86. The summed E-state index contributed by atoms with van der Waals surface area (Å²) in [6, 6.07) is 6.58. The number of carbonyl (C=O) groups is 2. The minimum atomic E-state index is -0.386. The second-order valence-corrected chi connectivity index (χ2v) is 8.66. The average Bonchev–Trinajstić information content (AvgIpc) is 3.27. The molecule has 30 heavy (non-hydrogen) atoms. The standard InChI is InChI=1S/C20H19N5O3S2/c1-4-28-19(27)13-5-7-14(8-6-13)22-15(26)9-29-20-24-23-17-16-11(2)12(3)30-18(16)21-10-25(17)20/h5-8,10H,4,9H2,1-3H3,(H,22,26). The van der Waals surface area contributed by atoms with E-state index in [0.717, 1.165) is 21.4 Å². The summed E-state index contributed by atoms with van der Waals surface area (Å²) in [7, 11) is 0. The minimum Gasteiger partial charge on any atom is -0.462 e. The van der Waals surface area contributed by atoms with Crippen molar-refractivity contribution in [3.8, 4) is 0 Å². The summed E-state index contributed by atoms with van der Waals surface area (Å²) in [5, 5.41) is 13.0. The molecule has 0 unspecified atom stereocenters. The van der Waals surface area contributed by atoms with E-state index in [4.69, 9.17) is 4.74 Å². The smallest absolute Gasteiger partial charge is 0.338 e. The Balaban J connectivity index is 1.43. The van der Waals surface area contributed by atoms with Gasteiger partial charge in [-0.15, -0.1) is 21.5 Å². The van der Waals surface area contributed by atoms with Gasteiger partial charge < -0.3 is 10.1 Å².